The molecule has 2 amide bonds. The Morgan fingerprint density at radius 1 is 1.18 bits per heavy atom. The van der Waals surface area contributed by atoms with Gasteiger partial charge < -0.3 is 0 Å². The van der Waals surface area contributed by atoms with Gasteiger partial charge in [-0.25, -0.2) is 0 Å². The van der Waals surface area contributed by atoms with Gasteiger partial charge in [-0.3, -0.25) is 24.6 Å². The van der Waals surface area contributed by atoms with E-state index in [0.717, 1.165) is 4.90 Å². The standard InChI is InChI=1S/C9H6N2O4.C2H6/c1-10-8(12)5-3-2-4-6(11(14)15)7(5)9(10)13;1-2/h2-4H,1H3;1-2H3. The molecule has 1 aliphatic rings. The number of hydrogen-bond acceptors (Lipinski definition) is 4. The topological polar surface area (TPSA) is 80.5 Å². The number of carbonyl (C=O) groups is 2. The Balaban J connectivity index is 0.000000686. The van der Waals surface area contributed by atoms with Gasteiger partial charge in [0.1, 0.15) is 5.56 Å². The Bertz CT molecular complexity index is 496. The lowest BCUT2D eigenvalue weighted by molar-refractivity contribution is -0.385. The summed E-state index contributed by atoms with van der Waals surface area (Å²) in [5, 5.41) is 10.6. The van der Waals surface area contributed by atoms with Crippen molar-refractivity contribution >= 4 is 17.5 Å². The van der Waals surface area contributed by atoms with Gasteiger partial charge in [0, 0.05) is 13.1 Å². The van der Waals surface area contributed by atoms with Gasteiger partial charge in [-0.05, 0) is 6.07 Å². The number of hydrogen-bond donors (Lipinski definition) is 0. The van der Waals surface area contributed by atoms with Crippen LogP contribution >= 0.6 is 0 Å². The van der Waals surface area contributed by atoms with E-state index < -0.39 is 16.7 Å². The van der Waals surface area contributed by atoms with Crippen molar-refractivity contribution in [3.8, 4) is 0 Å². The quantitative estimate of drug-likeness (QED) is 0.423. The molecule has 0 unspecified atom stereocenters. The van der Waals surface area contributed by atoms with Crippen molar-refractivity contribution in [3.05, 3.63) is 39.4 Å². The number of rotatable bonds is 1. The molecule has 6 nitrogen and oxygen atoms in total. The van der Waals surface area contributed by atoms with Gasteiger partial charge in [0.2, 0.25) is 0 Å². The fraction of sp³-hybridized carbons (Fsp3) is 0.273. The largest absolute Gasteiger partial charge is 0.282 e. The van der Waals surface area contributed by atoms with Crippen LogP contribution in [0.2, 0.25) is 0 Å². The molecule has 0 aliphatic carbocycles. The second-order valence-electron chi connectivity index (χ2n) is 3.13. The molecule has 0 N–H and O–H groups in total. The van der Waals surface area contributed by atoms with Crippen LogP contribution in [0.25, 0.3) is 0 Å². The third-order valence-corrected chi connectivity index (χ3v) is 2.29. The lowest BCUT2D eigenvalue weighted by Crippen LogP contribution is -2.24. The first kappa shape index (κ1) is 12.8. The lowest BCUT2D eigenvalue weighted by Gasteiger charge is -2.02. The molecular formula is C11H12N2O4. The van der Waals surface area contributed by atoms with Crippen LogP contribution in [0.15, 0.2) is 18.2 Å². The first-order chi connectivity index (χ1) is 8.04. The average molecular weight is 236 g/mol. The normalized spacial score (nSPS) is 13.0. The van der Waals surface area contributed by atoms with Crippen molar-refractivity contribution in [2.24, 2.45) is 0 Å². The van der Waals surface area contributed by atoms with Gasteiger partial charge in [0.25, 0.3) is 17.5 Å². The molecule has 17 heavy (non-hydrogen) atoms. The summed E-state index contributed by atoms with van der Waals surface area (Å²) in [6.07, 6.45) is 0. The zero-order valence-corrected chi connectivity index (χ0v) is 9.76. The molecule has 1 heterocycles. The van der Waals surface area contributed by atoms with Crippen molar-refractivity contribution < 1.29 is 14.5 Å². The van der Waals surface area contributed by atoms with E-state index in [1.807, 2.05) is 13.8 Å². The smallest absolute Gasteiger partial charge is 0.277 e. The summed E-state index contributed by atoms with van der Waals surface area (Å²) in [5.41, 5.74) is -0.345. The molecule has 0 saturated heterocycles. The molecule has 1 aliphatic heterocycles. The summed E-state index contributed by atoms with van der Waals surface area (Å²) in [6.45, 7) is 4.00. The minimum absolute atomic E-state index is 0.0942. The summed E-state index contributed by atoms with van der Waals surface area (Å²) in [5.74, 6) is -1.12. The monoisotopic (exact) mass is 236 g/mol. The second-order valence-corrected chi connectivity index (χ2v) is 3.13. The van der Waals surface area contributed by atoms with E-state index in [-0.39, 0.29) is 16.8 Å². The third-order valence-electron chi connectivity index (χ3n) is 2.29. The molecule has 1 aromatic rings. The molecule has 0 aromatic heterocycles. The van der Waals surface area contributed by atoms with Crippen LogP contribution in [0, 0.1) is 10.1 Å². The number of nitrogens with zero attached hydrogens (tertiary/aromatic N) is 2. The highest BCUT2D eigenvalue weighted by Gasteiger charge is 2.38. The Labute approximate surface area is 98.0 Å². The minimum atomic E-state index is -0.664. The van der Waals surface area contributed by atoms with Crippen LogP contribution in [0.3, 0.4) is 0 Å². The Hall–Kier alpha value is -2.24. The van der Waals surface area contributed by atoms with Gasteiger partial charge in [-0.2, -0.15) is 0 Å². The lowest BCUT2D eigenvalue weighted by atomic mass is 10.1. The van der Waals surface area contributed by atoms with Crippen LogP contribution in [0.4, 0.5) is 5.69 Å². The van der Waals surface area contributed by atoms with Crippen molar-refractivity contribution in [3.63, 3.8) is 0 Å². The molecule has 90 valence electrons. The maximum Gasteiger partial charge on any atom is 0.282 e. The summed E-state index contributed by atoms with van der Waals surface area (Å²) >= 11 is 0. The summed E-state index contributed by atoms with van der Waals surface area (Å²) in [4.78, 5) is 33.8. The Morgan fingerprint density at radius 3 is 2.29 bits per heavy atom. The maximum absolute atomic E-state index is 11.5. The molecule has 0 atom stereocenters. The fourth-order valence-electron chi connectivity index (χ4n) is 1.54. The summed E-state index contributed by atoms with van der Waals surface area (Å²) in [6, 6.07) is 4.01. The zero-order chi connectivity index (χ0) is 13.2. The number of carbonyl (C=O) groups excluding carboxylic acids is 2. The first-order valence-electron chi connectivity index (χ1n) is 5.14. The van der Waals surface area contributed by atoms with Gasteiger partial charge in [-0.1, -0.05) is 19.9 Å². The molecular weight excluding hydrogens is 224 g/mol. The number of imide groups is 1. The number of nitro groups is 1. The number of amides is 2. The Morgan fingerprint density at radius 2 is 1.76 bits per heavy atom. The zero-order valence-electron chi connectivity index (χ0n) is 9.76. The van der Waals surface area contributed by atoms with Crippen molar-refractivity contribution in [1.29, 1.82) is 0 Å². The van der Waals surface area contributed by atoms with Crippen LogP contribution in [-0.4, -0.2) is 28.7 Å². The van der Waals surface area contributed by atoms with Crippen LogP contribution in [0.1, 0.15) is 34.6 Å². The van der Waals surface area contributed by atoms with Crippen LogP contribution in [0.5, 0.6) is 0 Å². The third kappa shape index (κ3) is 1.89. The fourth-order valence-corrected chi connectivity index (χ4v) is 1.54. The summed E-state index contributed by atoms with van der Waals surface area (Å²) in [7, 11) is 1.30. The maximum atomic E-state index is 11.5. The van der Waals surface area contributed by atoms with E-state index >= 15 is 0 Å². The van der Waals surface area contributed by atoms with Gasteiger partial charge in [0.05, 0.1) is 10.5 Å². The van der Waals surface area contributed by atoms with Gasteiger partial charge in [0.15, 0.2) is 0 Å². The molecule has 0 radical (unpaired) electrons. The van der Waals surface area contributed by atoms with Crippen LogP contribution in [-0.2, 0) is 0 Å². The van der Waals surface area contributed by atoms with Crippen molar-refractivity contribution in [1.82, 2.24) is 4.90 Å². The SMILES string of the molecule is CC.CN1C(=O)c2cccc([N+](=O)[O-])c2C1=O. The molecule has 6 heteroatoms. The molecule has 1 aromatic carbocycles. The summed E-state index contributed by atoms with van der Waals surface area (Å²) < 4.78 is 0. The van der Waals surface area contributed by atoms with E-state index in [1.165, 1.54) is 25.2 Å². The second kappa shape index (κ2) is 4.73. The number of nitro benzene ring substituents is 1. The average Bonchev–Trinajstić information content (AvgIpc) is 2.57. The van der Waals surface area contributed by atoms with E-state index in [9.17, 15) is 19.7 Å². The minimum Gasteiger partial charge on any atom is -0.277 e. The van der Waals surface area contributed by atoms with E-state index in [0.29, 0.717) is 0 Å². The molecule has 0 fully saturated rings. The molecule has 2 rings (SSSR count). The van der Waals surface area contributed by atoms with Crippen molar-refractivity contribution in [2.45, 2.75) is 13.8 Å². The van der Waals surface area contributed by atoms with Crippen LogP contribution < -0.4 is 0 Å². The van der Waals surface area contributed by atoms with E-state index in [2.05, 4.69) is 0 Å². The van der Waals surface area contributed by atoms with Crippen molar-refractivity contribution in [2.75, 3.05) is 7.05 Å². The first-order valence-corrected chi connectivity index (χ1v) is 5.14. The number of benzene rings is 1. The van der Waals surface area contributed by atoms with Gasteiger partial charge >= 0.3 is 0 Å². The molecule has 0 spiro atoms. The predicted molar refractivity (Wildman–Crippen MR) is 60.9 cm³/mol. The molecule has 0 saturated carbocycles. The highest BCUT2D eigenvalue weighted by molar-refractivity contribution is 6.22. The van der Waals surface area contributed by atoms with E-state index in [1.54, 1.807) is 0 Å². The molecule has 0 bridgehead atoms. The highest BCUT2D eigenvalue weighted by atomic mass is 16.6. The predicted octanol–water partition coefficient (Wildman–Crippen LogP) is 1.85. The highest BCUT2D eigenvalue weighted by Crippen LogP contribution is 2.29. The van der Waals surface area contributed by atoms with E-state index in [4.69, 9.17) is 0 Å². The number of fused-ring (bicyclic) bond motifs is 1. The van der Waals surface area contributed by atoms with Gasteiger partial charge in [-0.15, -0.1) is 0 Å². The Kier molecular flexibility index (Phi) is 3.57.